The molecule has 1 saturated heterocycles. The molecule has 0 atom stereocenters. The number of aliphatic hydroxyl groups is 1. The first-order valence-electron chi connectivity index (χ1n) is 14.1. The van der Waals surface area contributed by atoms with Crippen molar-refractivity contribution in [2.45, 2.75) is 99.5 Å². The van der Waals surface area contributed by atoms with Crippen molar-refractivity contribution in [3.63, 3.8) is 0 Å². The normalized spacial score (nSPS) is 16.8. The number of aromatic nitrogens is 2. The van der Waals surface area contributed by atoms with Crippen molar-refractivity contribution >= 4 is 11.7 Å². The number of aliphatic carboxylic acids is 1. The van der Waals surface area contributed by atoms with Crippen LogP contribution in [0, 0.1) is 18.3 Å². The smallest absolute Gasteiger partial charge is 0.307 e. The number of nitrogens with zero attached hydrogens (tertiary/aromatic N) is 3. The minimum absolute atomic E-state index is 0.0298. The van der Waals surface area contributed by atoms with Gasteiger partial charge in [0.05, 0.1) is 24.3 Å². The molecule has 2 aliphatic rings. The minimum atomic E-state index is -0.835. The van der Waals surface area contributed by atoms with E-state index in [1.165, 1.54) is 19.3 Å². The number of carboxylic acids is 1. The van der Waals surface area contributed by atoms with Crippen LogP contribution in [-0.4, -0.2) is 51.4 Å². The molecule has 0 unspecified atom stereocenters. The highest BCUT2D eigenvalue weighted by molar-refractivity contribution is 5.84. The molecule has 3 heterocycles. The molecule has 2 aromatic heterocycles. The van der Waals surface area contributed by atoms with Crippen molar-refractivity contribution in [2.75, 3.05) is 24.6 Å². The standard InChI is InChI=1S/C25H33N3O3.C4H10O.C2H6/c1-17-20(13-23(29)30)24(28-11-9-25(2,3)10-12-28)21(15-26-17)19-7-8-22(27-14-19)31-16-18-5-4-6-18;1-4(2,3)5;1-2/h7-8,14-15,18H,4-6,9-13,16H2,1-3H3,(H,29,30);5H,1-3H3;1-2H3. The molecule has 2 aromatic rings. The minimum Gasteiger partial charge on any atom is -0.481 e. The van der Waals surface area contributed by atoms with Crippen LogP contribution >= 0.6 is 0 Å². The summed E-state index contributed by atoms with van der Waals surface area (Å²) in [6, 6.07) is 3.92. The number of carboxylic acid groups (broad SMARTS) is 1. The predicted molar refractivity (Wildman–Crippen MR) is 155 cm³/mol. The van der Waals surface area contributed by atoms with Crippen molar-refractivity contribution in [3.8, 4) is 17.0 Å². The number of hydrogen-bond acceptors (Lipinski definition) is 6. The second-order valence-corrected chi connectivity index (χ2v) is 12.0. The van der Waals surface area contributed by atoms with E-state index in [1.54, 1.807) is 20.8 Å². The third-order valence-corrected chi connectivity index (χ3v) is 6.87. The molecular weight excluding hydrogens is 478 g/mol. The highest BCUT2D eigenvalue weighted by Gasteiger charge is 2.29. The number of anilines is 1. The van der Waals surface area contributed by atoms with Crippen molar-refractivity contribution in [3.05, 3.63) is 35.8 Å². The molecule has 212 valence electrons. The van der Waals surface area contributed by atoms with Crippen LogP contribution in [0.2, 0.25) is 0 Å². The summed E-state index contributed by atoms with van der Waals surface area (Å²) in [5.74, 6) is 0.470. The Morgan fingerprint density at radius 3 is 2.18 bits per heavy atom. The number of ether oxygens (including phenoxy) is 1. The van der Waals surface area contributed by atoms with Crippen LogP contribution in [0.15, 0.2) is 24.5 Å². The first-order chi connectivity index (χ1) is 17.8. The van der Waals surface area contributed by atoms with Crippen molar-refractivity contribution in [1.29, 1.82) is 0 Å². The Morgan fingerprint density at radius 2 is 1.71 bits per heavy atom. The van der Waals surface area contributed by atoms with Gasteiger partial charge in [-0.15, -0.1) is 0 Å². The van der Waals surface area contributed by atoms with E-state index in [9.17, 15) is 9.90 Å². The van der Waals surface area contributed by atoms with Crippen molar-refractivity contribution in [1.82, 2.24) is 9.97 Å². The third-order valence-electron chi connectivity index (χ3n) is 6.87. The number of carbonyl (C=O) groups is 1. The quantitative estimate of drug-likeness (QED) is 0.414. The molecule has 2 fully saturated rings. The van der Waals surface area contributed by atoms with E-state index in [0.717, 1.165) is 60.6 Å². The Labute approximate surface area is 229 Å². The average molecular weight is 528 g/mol. The SMILES string of the molecule is CC.CC(C)(C)O.Cc1ncc(-c2ccc(OCC3CCC3)nc2)c(N2CCC(C)(C)CC2)c1CC(=O)O. The zero-order valence-electron chi connectivity index (χ0n) is 24.8. The van der Waals surface area contributed by atoms with E-state index in [2.05, 4.69) is 28.7 Å². The Bertz CT molecular complexity index is 1010. The van der Waals surface area contributed by atoms with Crippen molar-refractivity contribution < 1.29 is 19.7 Å². The molecule has 4 rings (SSSR count). The molecule has 2 N–H and O–H groups in total. The lowest BCUT2D eigenvalue weighted by Gasteiger charge is -2.40. The molecule has 0 spiro atoms. The molecule has 1 aliphatic heterocycles. The van der Waals surface area contributed by atoms with E-state index in [1.807, 2.05) is 45.3 Å². The first kappa shape index (κ1) is 31.5. The van der Waals surface area contributed by atoms with Gasteiger partial charge in [0.2, 0.25) is 5.88 Å². The van der Waals surface area contributed by atoms with Gasteiger partial charge in [0.15, 0.2) is 0 Å². The molecule has 0 radical (unpaired) electrons. The molecule has 7 heteroatoms. The number of piperidine rings is 1. The Balaban J connectivity index is 0.000000651. The van der Waals surface area contributed by atoms with E-state index < -0.39 is 11.6 Å². The summed E-state index contributed by atoms with van der Waals surface area (Å²) < 4.78 is 5.85. The number of hydrogen-bond donors (Lipinski definition) is 2. The van der Waals surface area contributed by atoms with Gasteiger partial charge in [-0.3, -0.25) is 9.78 Å². The van der Waals surface area contributed by atoms with Crippen LogP contribution in [0.25, 0.3) is 11.1 Å². The fraction of sp³-hybridized carbons (Fsp3) is 0.645. The third kappa shape index (κ3) is 9.90. The molecule has 0 aromatic carbocycles. The van der Waals surface area contributed by atoms with Gasteiger partial charge in [0.25, 0.3) is 0 Å². The highest BCUT2D eigenvalue weighted by Crippen LogP contribution is 2.40. The Morgan fingerprint density at radius 1 is 1.11 bits per heavy atom. The van der Waals surface area contributed by atoms with Crippen LogP contribution in [0.1, 0.15) is 91.8 Å². The van der Waals surface area contributed by atoms with E-state index in [4.69, 9.17) is 9.84 Å². The molecular formula is C31H49N3O4. The van der Waals surface area contributed by atoms with Gasteiger partial charge in [-0.25, -0.2) is 4.98 Å². The van der Waals surface area contributed by atoms with Crippen LogP contribution < -0.4 is 9.64 Å². The average Bonchev–Trinajstić information content (AvgIpc) is 2.80. The van der Waals surface area contributed by atoms with Gasteiger partial charge in [0.1, 0.15) is 0 Å². The van der Waals surface area contributed by atoms with Crippen LogP contribution in [0.5, 0.6) is 5.88 Å². The summed E-state index contributed by atoms with van der Waals surface area (Å²) >= 11 is 0. The number of pyridine rings is 2. The summed E-state index contributed by atoms with van der Waals surface area (Å²) in [4.78, 5) is 23.0. The molecule has 1 saturated carbocycles. The fourth-order valence-electron chi connectivity index (χ4n) is 4.39. The Kier molecular flexibility index (Phi) is 11.6. The van der Waals surface area contributed by atoms with Gasteiger partial charge in [-0.2, -0.15) is 0 Å². The summed E-state index contributed by atoms with van der Waals surface area (Å²) in [7, 11) is 0. The van der Waals surface area contributed by atoms with Crippen LogP contribution in [-0.2, 0) is 11.2 Å². The van der Waals surface area contributed by atoms with Crippen LogP contribution in [0.4, 0.5) is 5.69 Å². The van der Waals surface area contributed by atoms with Gasteiger partial charge in [-0.1, -0.05) is 34.1 Å². The lowest BCUT2D eigenvalue weighted by Crippen LogP contribution is -2.38. The molecule has 38 heavy (non-hydrogen) atoms. The van der Waals surface area contributed by atoms with E-state index in [-0.39, 0.29) is 6.42 Å². The number of rotatable bonds is 7. The lowest BCUT2D eigenvalue weighted by molar-refractivity contribution is -0.136. The summed E-state index contributed by atoms with van der Waals surface area (Å²) in [6.07, 6.45) is 9.60. The number of aryl methyl sites for hydroxylation is 1. The molecule has 0 bridgehead atoms. The summed E-state index contributed by atoms with van der Waals surface area (Å²) in [6.45, 7) is 18.3. The maximum atomic E-state index is 11.6. The zero-order valence-corrected chi connectivity index (χ0v) is 24.8. The molecule has 0 amide bonds. The molecule has 7 nitrogen and oxygen atoms in total. The highest BCUT2D eigenvalue weighted by atomic mass is 16.5. The summed E-state index contributed by atoms with van der Waals surface area (Å²) in [5, 5.41) is 18.1. The monoisotopic (exact) mass is 527 g/mol. The largest absolute Gasteiger partial charge is 0.481 e. The maximum Gasteiger partial charge on any atom is 0.307 e. The van der Waals surface area contributed by atoms with Gasteiger partial charge >= 0.3 is 5.97 Å². The molecule has 1 aliphatic carbocycles. The van der Waals surface area contributed by atoms with Gasteiger partial charge in [0, 0.05) is 53.9 Å². The van der Waals surface area contributed by atoms with Gasteiger partial charge < -0.3 is 19.8 Å². The van der Waals surface area contributed by atoms with E-state index >= 15 is 0 Å². The zero-order chi connectivity index (χ0) is 28.5. The van der Waals surface area contributed by atoms with Crippen molar-refractivity contribution in [2.24, 2.45) is 11.3 Å². The van der Waals surface area contributed by atoms with E-state index in [0.29, 0.717) is 17.2 Å². The first-order valence-corrected chi connectivity index (χ1v) is 14.1. The summed E-state index contributed by atoms with van der Waals surface area (Å²) in [5.41, 5.74) is 4.27. The Hall–Kier alpha value is -2.67. The lowest BCUT2D eigenvalue weighted by atomic mass is 9.82. The fourth-order valence-corrected chi connectivity index (χ4v) is 4.39. The van der Waals surface area contributed by atoms with Gasteiger partial charge in [-0.05, 0) is 70.8 Å². The topological polar surface area (TPSA) is 95.8 Å². The second kappa shape index (κ2) is 13.9. The van der Waals surface area contributed by atoms with Crippen LogP contribution in [0.3, 0.4) is 0 Å². The maximum absolute atomic E-state index is 11.6. The predicted octanol–water partition coefficient (Wildman–Crippen LogP) is 6.69. The second-order valence-electron chi connectivity index (χ2n) is 12.0.